The number of carbonyl (C=O) groups is 1. The summed E-state index contributed by atoms with van der Waals surface area (Å²) in [6.45, 7) is 2.30. The minimum atomic E-state index is -1.11. The van der Waals surface area contributed by atoms with E-state index in [2.05, 4.69) is 20.3 Å². The lowest BCUT2D eigenvalue weighted by atomic mass is 10.1. The molecule has 150 valence electrons. The maximum atomic E-state index is 11.8. The van der Waals surface area contributed by atoms with Gasteiger partial charge in [-0.3, -0.25) is 4.98 Å². The molecule has 1 aromatic carbocycles. The summed E-state index contributed by atoms with van der Waals surface area (Å²) in [7, 11) is 0. The van der Waals surface area contributed by atoms with E-state index in [1.807, 2.05) is 19.1 Å². The Morgan fingerprint density at radius 3 is 2.57 bits per heavy atom. The van der Waals surface area contributed by atoms with E-state index < -0.39 is 5.97 Å². The molecule has 30 heavy (non-hydrogen) atoms. The standard InChI is InChI=1S/C22H18N4O4/c1-2-29-19-11-10-17-21(26-19)20(16(13-24-17)22(27)28)25-14-6-8-15(9-7-14)30-18-5-3-4-12-23-18/h3-13H,2H2,1H3,(H,24,25)(H,27,28). The summed E-state index contributed by atoms with van der Waals surface area (Å²) in [5.41, 5.74) is 1.99. The summed E-state index contributed by atoms with van der Waals surface area (Å²) in [4.78, 5) is 24.5. The number of anilines is 2. The van der Waals surface area contributed by atoms with Gasteiger partial charge in [-0.25, -0.2) is 14.8 Å². The minimum absolute atomic E-state index is 0.0115. The zero-order valence-corrected chi connectivity index (χ0v) is 16.1. The molecule has 3 aromatic heterocycles. The molecule has 0 fully saturated rings. The third kappa shape index (κ3) is 4.12. The summed E-state index contributed by atoms with van der Waals surface area (Å²) >= 11 is 0. The van der Waals surface area contributed by atoms with Crippen molar-refractivity contribution >= 4 is 28.4 Å². The zero-order valence-electron chi connectivity index (χ0n) is 16.1. The minimum Gasteiger partial charge on any atom is -0.478 e. The third-order valence-electron chi connectivity index (χ3n) is 4.19. The van der Waals surface area contributed by atoms with Gasteiger partial charge in [-0.15, -0.1) is 0 Å². The van der Waals surface area contributed by atoms with Crippen molar-refractivity contribution in [3.8, 4) is 17.5 Å². The maximum absolute atomic E-state index is 11.8. The molecule has 0 saturated carbocycles. The second-order valence-electron chi connectivity index (χ2n) is 6.22. The Bertz CT molecular complexity index is 1180. The van der Waals surface area contributed by atoms with Gasteiger partial charge in [0.25, 0.3) is 0 Å². The number of carboxylic acid groups (broad SMARTS) is 1. The fourth-order valence-electron chi connectivity index (χ4n) is 2.84. The lowest BCUT2D eigenvalue weighted by molar-refractivity contribution is 0.0697. The third-order valence-corrected chi connectivity index (χ3v) is 4.19. The van der Waals surface area contributed by atoms with Gasteiger partial charge in [-0.05, 0) is 43.3 Å². The molecule has 0 radical (unpaired) electrons. The molecule has 0 amide bonds. The summed E-state index contributed by atoms with van der Waals surface area (Å²) in [6.07, 6.45) is 2.96. The first-order valence-electron chi connectivity index (χ1n) is 9.26. The molecule has 0 saturated heterocycles. The fraction of sp³-hybridized carbons (Fsp3) is 0.0909. The molecule has 0 aliphatic heterocycles. The summed E-state index contributed by atoms with van der Waals surface area (Å²) in [5, 5.41) is 12.8. The Labute approximate surface area is 172 Å². The molecule has 0 unspecified atom stereocenters. The highest BCUT2D eigenvalue weighted by atomic mass is 16.5. The number of aromatic nitrogens is 3. The Morgan fingerprint density at radius 1 is 1.03 bits per heavy atom. The van der Waals surface area contributed by atoms with Crippen LogP contribution in [0.1, 0.15) is 17.3 Å². The number of rotatable bonds is 7. The van der Waals surface area contributed by atoms with Crippen molar-refractivity contribution in [1.82, 2.24) is 15.0 Å². The van der Waals surface area contributed by atoms with Crippen LogP contribution in [-0.2, 0) is 0 Å². The number of benzene rings is 1. The molecule has 0 aliphatic rings. The maximum Gasteiger partial charge on any atom is 0.339 e. The van der Waals surface area contributed by atoms with Crippen molar-refractivity contribution < 1.29 is 19.4 Å². The number of ether oxygens (including phenoxy) is 2. The topological polar surface area (TPSA) is 106 Å². The Kier molecular flexibility index (Phi) is 5.38. The van der Waals surface area contributed by atoms with Gasteiger partial charge in [0.1, 0.15) is 16.8 Å². The molecule has 3 heterocycles. The van der Waals surface area contributed by atoms with Gasteiger partial charge >= 0.3 is 5.97 Å². The van der Waals surface area contributed by atoms with E-state index in [1.165, 1.54) is 6.20 Å². The molecular weight excluding hydrogens is 384 g/mol. The predicted molar refractivity (Wildman–Crippen MR) is 112 cm³/mol. The van der Waals surface area contributed by atoms with Gasteiger partial charge in [0.2, 0.25) is 11.8 Å². The summed E-state index contributed by atoms with van der Waals surface area (Å²) in [5.74, 6) is 0.385. The first-order valence-corrected chi connectivity index (χ1v) is 9.26. The van der Waals surface area contributed by atoms with Crippen LogP contribution in [0.5, 0.6) is 17.5 Å². The van der Waals surface area contributed by atoms with Crippen molar-refractivity contribution in [3.63, 3.8) is 0 Å². The molecule has 0 aliphatic carbocycles. The number of hydrogen-bond donors (Lipinski definition) is 2. The van der Waals surface area contributed by atoms with E-state index in [-0.39, 0.29) is 5.56 Å². The van der Waals surface area contributed by atoms with Crippen LogP contribution in [-0.4, -0.2) is 32.6 Å². The number of fused-ring (bicyclic) bond motifs is 1. The van der Waals surface area contributed by atoms with Gasteiger partial charge in [-0.2, -0.15) is 0 Å². The zero-order chi connectivity index (χ0) is 20.9. The van der Waals surface area contributed by atoms with Crippen LogP contribution in [0, 0.1) is 0 Å². The van der Waals surface area contributed by atoms with Crippen molar-refractivity contribution in [3.05, 3.63) is 72.6 Å². The molecule has 4 rings (SSSR count). The molecule has 0 bridgehead atoms. The monoisotopic (exact) mass is 402 g/mol. The summed E-state index contributed by atoms with van der Waals surface area (Å²) in [6, 6.07) is 15.9. The van der Waals surface area contributed by atoms with Gasteiger partial charge in [0.05, 0.1) is 17.8 Å². The van der Waals surface area contributed by atoms with E-state index in [1.54, 1.807) is 48.7 Å². The van der Waals surface area contributed by atoms with E-state index >= 15 is 0 Å². The number of nitrogens with one attached hydrogen (secondary N) is 1. The van der Waals surface area contributed by atoms with E-state index in [4.69, 9.17) is 9.47 Å². The van der Waals surface area contributed by atoms with Crippen molar-refractivity contribution in [1.29, 1.82) is 0 Å². The number of pyridine rings is 3. The van der Waals surface area contributed by atoms with Crippen LogP contribution in [0.4, 0.5) is 11.4 Å². The summed E-state index contributed by atoms with van der Waals surface area (Å²) < 4.78 is 11.1. The number of hydrogen-bond acceptors (Lipinski definition) is 7. The smallest absolute Gasteiger partial charge is 0.339 e. The molecule has 4 aromatic rings. The average Bonchev–Trinajstić information content (AvgIpc) is 2.76. The Hall–Kier alpha value is -4.20. The quantitative estimate of drug-likeness (QED) is 0.460. The van der Waals surface area contributed by atoms with Crippen LogP contribution >= 0.6 is 0 Å². The lowest BCUT2D eigenvalue weighted by Crippen LogP contribution is -2.06. The highest BCUT2D eigenvalue weighted by molar-refractivity contribution is 6.03. The highest BCUT2D eigenvalue weighted by Crippen LogP contribution is 2.30. The molecule has 0 spiro atoms. The van der Waals surface area contributed by atoms with Crippen LogP contribution < -0.4 is 14.8 Å². The van der Waals surface area contributed by atoms with Gasteiger partial charge in [-0.1, -0.05) is 6.07 Å². The molecule has 8 heteroatoms. The van der Waals surface area contributed by atoms with Gasteiger partial charge < -0.3 is 19.9 Å². The second kappa shape index (κ2) is 8.44. The number of nitrogens with zero attached hydrogens (tertiary/aromatic N) is 3. The van der Waals surface area contributed by atoms with Crippen molar-refractivity contribution in [2.24, 2.45) is 0 Å². The van der Waals surface area contributed by atoms with E-state index in [0.29, 0.717) is 46.5 Å². The normalized spacial score (nSPS) is 10.6. The Morgan fingerprint density at radius 2 is 1.87 bits per heavy atom. The van der Waals surface area contributed by atoms with Crippen LogP contribution in [0.25, 0.3) is 11.0 Å². The van der Waals surface area contributed by atoms with Gasteiger partial charge in [0, 0.05) is 30.2 Å². The van der Waals surface area contributed by atoms with Gasteiger partial charge in [0.15, 0.2) is 0 Å². The van der Waals surface area contributed by atoms with Crippen LogP contribution in [0.2, 0.25) is 0 Å². The molecular formula is C22H18N4O4. The first-order chi connectivity index (χ1) is 14.6. The van der Waals surface area contributed by atoms with Crippen molar-refractivity contribution in [2.45, 2.75) is 6.92 Å². The fourth-order valence-corrected chi connectivity index (χ4v) is 2.84. The lowest BCUT2D eigenvalue weighted by Gasteiger charge is -2.13. The Balaban J connectivity index is 1.67. The van der Waals surface area contributed by atoms with Crippen LogP contribution in [0.3, 0.4) is 0 Å². The van der Waals surface area contributed by atoms with E-state index in [0.717, 1.165) is 0 Å². The second-order valence-corrected chi connectivity index (χ2v) is 6.22. The predicted octanol–water partition coefficient (Wildman–Crippen LogP) is 4.66. The largest absolute Gasteiger partial charge is 0.478 e. The number of carboxylic acids is 1. The van der Waals surface area contributed by atoms with Crippen LogP contribution in [0.15, 0.2) is 67.0 Å². The number of aromatic carboxylic acids is 1. The molecule has 2 N–H and O–H groups in total. The first kappa shape index (κ1) is 19.1. The highest BCUT2D eigenvalue weighted by Gasteiger charge is 2.17. The van der Waals surface area contributed by atoms with Crippen molar-refractivity contribution in [2.75, 3.05) is 11.9 Å². The SMILES string of the molecule is CCOc1ccc2ncc(C(=O)O)c(Nc3ccc(Oc4ccccn4)cc3)c2n1. The van der Waals surface area contributed by atoms with E-state index in [9.17, 15) is 9.90 Å². The molecule has 0 atom stereocenters. The molecule has 8 nitrogen and oxygen atoms in total. The average molecular weight is 402 g/mol.